The molecule has 0 unspecified atom stereocenters. The average molecular weight is 406 g/mol. The van der Waals surface area contributed by atoms with Gasteiger partial charge in [0.2, 0.25) is 0 Å². The highest BCUT2D eigenvalue weighted by Crippen LogP contribution is 2.38. The molecule has 0 bridgehead atoms. The van der Waals surface area contributed by atoms with Crippen molar-refractivity contribution in [3.8, 4) is 6.07 Å². The Balaban J connectivity index is 2.10. The van der Waals surface area contributed by atoms with Crippen LogP contribution in [0.25, 0.3) is 5.70 Å². The van der Waals surface area contributed by atoms with Gasteiger partial charge in [-0.05, 0) is 51.3 Å². The number of allylic oxidation sites excluding steroid dienone is 2. The first-order chi connectivity index (χ1) is 11.1. The molecule has 5 heteroatoms. The summed E-state index contributed by atoms with van der Waals surface area (Å²) < 4.78 is 0.650. The summed E-state index contributed by atoms with van der Waals surface area (Å²) in [6.07, 6.45) is 2.01. The summed E-state index contributed by atoms with van der Waals surface area (Å²) in [5.41, 5.74) is 3.38. The molecule has 23 heavy (non-hydrogen) atoms. The molecule has 0 fully saturated rings. The number of hydrogen-bond donors (Lipinski definition) is 1. The van der Waals surface area contributed by atoms with Crippen molar-refractivity contribution < 1.29 is 0 Å². The lowest BCUT2D eigenvalue weighted by Crippen LogP contribution is -2.18. The van der Waals surface area contributed by atoms with E-state index in [1.54, 1.807) is 0 Å². The van der Waals surface area contributed by atoms with Crippen LogP contribution in [0.4, 0.5) is 0 Å². The van der Waals surface area contributed by atoms with Crippen molar-refractivity contribution in [2.45, 2.75) is 5.92 Å². The molecule has 2 aromatic rings. The number of rotatable bonds is 2. The average Bonchev–Trinajstić information content (AvgIpc) is 2.55. The minimum Gasteiger partial charge on any atom is -0.349 e. The van der Waals surface area contributed by atoms with Crippen molar-refractivity contribution in [2.24, 2.45) is 0 Å². The van der Waals surface area contributed by atoms with Crippen LogP contribution in [0.5, 0.6) is 0 Å². The van der Waals surface area contributed by atoms with E-state index in [-0.39, 0.29) is 5.92 Å². The zero-order chi connectivity index (χ0) is 16.4. The van der Waals surface area contributed by atoms with Gasteiger partial charge in [-0.1, -0.05) is 53.5 Å². The summed E-state index contributed by atoms with van der Waals surface area (Å²) in [6.45, 7) is 0. The number of nitrogens with one attached hydrogen (secondary N) is 1. The quantitative estimate of drug-likeness (QED) is 0.636. The SMILES string of the molecule is N#CC1=C(Br)NC(c2ccc(Cl)cc2)=C[C@H]1c1ccccc1Cl. The highest BCUT2D eigenvalue weighted by atomic mass is 79.9. The number of hydrogen-bond acceptors (Lipinski definition) is 2. The van der Waals surface area contributed by atoms with E-state index < -0.39 is 0 Å². The molecule has 1 heterocycles. The number of dihydropyridines is 1. The van der Waals surface area contributed by atoms with Crippen LogP contribution >= 0.6 is 39.1 Å². The normalized spacial score (nSPS) is 17.3. The Labute approximate surface area is 153 Å². The molecule has 0 amide bonds. The lowest BCUT2D eigenvalue weighted by molar-refractivity contribution is 0.956. The van der Waals surface area contributed by atoms with Gasteiger partial charge >= 0.3 is 0 Å². The minimum atomic E-state index is -0.213. The summed E-state index contributed by atoms with van der Waals surface area (Å²) in [4.78, 5) is 0. The first-order valence-corrected chi connectivity index (χ1v) is 8.44. The van der Waals surface area contributed by atoms with Crippen LogP contribution in [0.15, 0.2) is 64.8 Å². The minimum absolute atomic E-state index is 0.213. The maximum absolute atomic E-state index is 9.51. The lowest BCUT2D eigenvalue weighted by atomic mass is 9.88. The van der Waals surface area contributed by atoms with Crippen LogP contribution in [0, 0.1) is 11.3 Å². The van der Waals surface area contributed by atoms with E-state index in [1.165, 1.54) is 0 Å². The zero-order valence-corrected chi connectivity index (χ0v) is 15.0. The fraction of sp³-hybridized carbons (Fsp3) is 0.0556. The molecule has 0 spiro atoms. The predicted octanol–water partition coefficient (Wildman–Crippen LogP) is 5.85. The first kappa shape index (κ1) is 16.1. The third kappa shape index (κ3) is 3.30. The van der Waals surface area contributed by atoms with Crippen molar-refractivity contribution in [2.75, 3.05) is 0 Å². The largest absolute Gasteiger partial charge is 0.349 e. The fourth-order valence-electron chi connectivity index (χ4n) is 2.50. The fourth-order valence-corrected chi connectivity index (χ4v) is 3.43. The van der Waals surface area contributed by atoms with Gasteiger partial charge in [0.25, 0.3) is 0 Å². The molecule has 3 rings (SSSR count). The van der Waals surface area contributed by atoms with Crippen LogP contribution < -0.4 is 5.32 Å². The molecule has 1 atom stereocenters. The van der Waals surface area contributed by atoms with Crippen molar-refractivity contribution in [1.29, 1.82) is 5.26 Å². The van der Waals surface area contributed by atoms with Crippen LogP contribution in [0.1, 0.15) is 17.0 Å². The maximum Gasteiger partial charge on any atom is 0.0984 e. The molecule has 0 saturated carbocycles. The van der Waals surface area contributed by atoms with Crippen LogP contribution in [0.3, 0.4) is 0 Å². The standard InChI is InChI=1S/C18H11BrCl2N2/c19-18-15(10-22)14(13-3-1-2-4-16(13)21)9-17(23-18)11-5-7-12(20)8-6-11/h1-9,14,23H/t14-/m0/s1. The molecular weight excluding hydrogens is 395 g/mol. The topological polar surface area (TPSA) is 35.8 Å². The Morgan fingerprint density at radius 1 is 1.04 bits per heavy atom. The second kappa shape index (κ2) is 6.80. The Morgan fingerprint density at radius 2 is 1.74 bits per heavy atom. The van der Waals surface area contributed by atoms with E-state index in [0.717, 1.165) is 16.8 Å². The lowest BCUT2D eigenvalue weighted by Gasteiger charge is -2.24. The Morgan fingerprint density at radius 3 is 2.39 bits per heavy atom. The van der Waals surface area contributed by atoms with Gasteiger partial charge in [0.05, 0.1) is 16.2 Å². The molecule has 114 valence electrons. The van der Waals surface area contributed by atoms with Gasteiger partial charge in [-0.3, -0.25) is 0 Å². The van der Waals surface area contributed by atoms with Crippen molar-refractivity contribution in [3.05, 3.63) is 86.0 Å². The monoisotopic (exact) mass is 404 g/mol. The molecule has 0 saturated heterocycles. The molecular formula is C18H11BrCl2N2. The Hall–Kier alpha value is -1.73. The third-order valence-electron chi connectivity index (χ3n) is 3.64. The van der Waals surface area contributed by atoms with E-state index in [9.17, 15) is 5.26 Å². The second-order valence-corrected chi connectivity index (χ2v) is 6.69. The number of halogens is 3. The van der Waals surface area contributed by atoms with Gasteiger partial charge in [0.1, 0.15) is 0 Å². The highest BCUT2D eigenvalue weighted by Gasteiger charge is 2.25. The van der Waals surface area contributed by atoms with Gasteiger partial charge < -0.3 is 5.32 Å². The predicted molar refractivity (Wildman–Crippen MR) is 98.3 cm³/mol. The molecule has 2 nitrogen and oxygen atoms in total. The van der Waals surface area contributed by atoms with Gasteiger partial charge in [0, 0.05) is 21.7 Å². The van der Waals surface area contributed by atoms with E-state index in [1.807, 2.05) is 54.6 Å². The summed E-state index contributed by atoms with van der Waals surface area (Å²) in [5, 5.41) is 14.0. The number of nitriles is 1. The van der Waals surface area contributed by atoms with Crippen molar-refractivity contribution in [1.82, 2.24) is 5.32 Å². The van der Waals surface area contributed by atoms with Gasteiger partial charge in [-0.25, -0.2) is 0 Å². The molecule has 0 aliphatic carbocycles. The summed E-state index contributed by atoms with van der Waals surface area (Å²) >= 11 is 15.7. The zero-order valence-electron chi connectivity index (χ0n) is 11.9. The first-order valence-electron chi connectivity index (χ1n) is 6.89. The van der Waals surface area contributed by atoms with Gasteiger partial charge in [0.15, 0.2) is 0 Å². The molecule has 1 aliphatic rings. The van der Waals surface area contributed by atoms with Gasteiger partial charge in [-0.15, -0.1) is 0 Å². The number of benzene rings is 2. The Bertz CT molecular complexity index is 848. The van der Waals surface area contributed by atoms with E-state index in [2.05, 4.69) is 27.3 Å². The van der Waals surface area contributed by atoms with E-state index in [4.69, 9.17) is 23.2 Å². The number of nitrogens with zero attached hydrogens (tertiary/aromatic N) is 1. The Kier molecular flexibility index (Phi) is 4.77. The molecule has 2 aromatic carbocycles. The summed E-state index contributed by atoms with van der Waals surface area (Å²) in [7, 11) is 0. The smallest absolute Gasteiger partial charge is 0.0984 e. The molecule has 1 aliphatic heterocycles. The van der Waals surface area contributed by atoms with Crippen molar-refractivity contribution >= 4 is 44.8 Å². The van der Waals surface area contributed by atoms with E-state index >= 15 is 0 Å². The summed E-state index contributed by atoms with van der Waals surface area (Å²) in [5.74, 6) is -0.213. The van der Waals surface area contributed by atoms with E-state index in [0.29, 0.717) is 20.2 Å². The van der Waals surface area contributed by atoms with Crippen molar-refractivity contribution in [3.63, 3.8) is 0 Å². The second-order valence-electron chi connectivity index (χ2n) is 5.05. The van der Waals surface area contributed by atoms with Gasteiger partial charge in [-0.2, -0.15) is 5.26 Å². The molecule has 0 aromatic heterocycles. The third-order valence-corrected chi connectivity index (χ3v) is 4.86. The molecule has 1 N–H and O–H groups in total. The van der Waals surface area contributed by atoms with Crippen LogP contribution in [-0.4, -0.2) is 0 Å². The highest BCUT2D eigenvalue weighted by molar-refractivity contribution is 9.11. The van der Waals surface area contributed by atoms with Crippen LogP contribution in [-0.2, 0) is 0 Å². The summed E-state index contributed by atoms with van der Waals surface area (Å²) in [6, 6.07) is 17.4. The van der Waals surface area contributed by atoms with Crippen LogP contribution in [0.2, 0.25) is 10.0 Å². The molecule has 0 radical (unpaired) electrons. The maximum atomic E-state index is 9.51.